The molecule has 5 saturated carbocycles. The topological polar surface area (TPSA) is 90.2 Å². The number of aliphatic hydroxyl groups is 4. The molecule has 1 saturated heterocycles. The molecule has 0 aromatic carbocycles. The van der Waals surface area contributed by atoms with Crippen molar-refractivity contribution in [2.45, 2.75) is 136 Å². The predicted octanol–water partition coefficient (Wildman–Crippen LogP) is 4.29. The van der Waals surface area contributed by atoms with E-state index in [0.29, 0.717) is 28.6 Å². The van der Waals surface area contributed by atoms with Gasteiger partial charge < -0.3 is 25.2 Å². The Balaban J connectivity index is 1.36. The van der Waals surface area contributed by atoms with Gasteiger partial charge in [0.25, 0.3) is 0 Å². The minimum Gasteiger partial charge on any atom is -0.393 e. The van der Waals surface area contributed by atoms with Gasteiger partial charge in [-0.25, -0.2) is 0 Å². The van der Waals surface area contributed by atoms with Crippen LogP contribution in [0.1, 0.15) is 99.8 Å². The minimum absolute atomic E-state index is 0.00259. The summed E-state index contributed by atoms with van der Waals surface area (Å²) in [5.41, 5.74) is -0.860. The molecule has 1 aliphatic heterocycles. The van der Waals surface area contributed by atoms with Gasteiger partial charge in [0, 0.05) is 5.41 Å². The SMILES string of the molecule is C[C@@H]1CC(C(O)C(C)(C)O)OC2[C@H]1C1(C)CCC34CC35CCC(O)C(C)(C)[C@@H]5CCC4[C@]1(C)[C@H]2O. The van der Waals surface area contributed by atoms with Crippen molar-refractivity contribution in [3.05, 3.63) is 0 Å². The van der Waals surface area contributed by atoms with E-state index in [9.17, 15) is 20.4 Å². The lowest BCUT2D eigenvalue weighted by molar-refractivity contribution is -0.202. The third-order valence-corrected chi connectivity index (χ3v) is 13.9. The zero-order valence-corrected chi connectivity index (χ0v) is 23.1. The molecule has 13 atom stereocenters. The number of aliphatic hydroxyl groups excluding tert-OH is 3. The number of fused-ring (bicyclic) bond motifs is 4. The van der Waals surface area contributed by atoms with E-state index in [1.54, 1.807) is 13.8 Å². The summed E-state index contributed by atoms with van der Waals surface area (Å²) in [6, 6.07) is 0. The van der Waals surface area contributed by atoms with E-state index in [0.717, 1.165) is 38.5 Å². The molecular weight excluding hydrogens is 440 g/mol. The summed E-state index contributed by atoms with van der Waals surface area (Å²) in [6.07, 6.45) is 6.23. The van der Waals surface area contributed by atoms with Gasteiger partial charge in [0.15, 0.2) is 0 Å². The van der Waals surface area contributed by atoms with Gasteiger partial charge in [-0.1, -0.05) is 34.6 Å². The first-order valence-electron chi connectivity index (χ1n) is 14.5. The van der Waals surface area contributed by atoms with Crippen LogP contribution in [0.25, 0.3) is 0 Å². The lowest BCUT2D eigenvalue weighted by atomic mass is 9.41. The van der Waals surface area contributed by atoms with Crippen LogP contribution in [-0.4, -0.2) is 56.5 Å². The lowest BCUT2D eigenvalue weighted by Gasteiger charge is -2.63. The zero-order chi connectivity index (χ0) is 25.6. The van der Waals surface area contributed by atoms with Crippen molar-refractivity contribution in [2.24, 2.45) is 50.7 Å². The van der Waals surface area contributed by atoms with Gasteiger partial charge >= 0.3 is 0 Å². The van der Waals surface area contributed by atoms with E-state index in [1.165, 1.54) is 12.8 Å². The zero-order valence-electron chi connectivity index (χ0n) is 23.1. The third-order valence-electron chi connectivity index (χ3n) is 13.9. The second kappa shape index (κ2) is 7.05. The predicted molar refractivity (Wildman–Crippen MR) is 134 cm³/mol. The normalized spacial score (nSPS) is 59.4. The average molecular weight is 491 g/mol. The van der Waals surface area contributed by atoms with Crippen LogP contribution in [0.3, 0.4) is 0 Å². The largest absolute Gasteiger partial charge is 0.393 e. The van der Waals surface area contributed by atoms with Crippen molar-refractivity contribution in [1.29, 1.82) is 0 Å². The molecule has 0 bridgehead atoms. The highest BCUT2D eigenvalue weighted by atomic mass is 16.5. The Morgan fingerprint density at radius 2 is 1.54 bits per heavy atom. The third kappa shape index (κ3) is 2.73. The molecule has 200 valence electrons. The summed E-state index contributed by atoms with van der Waals surface area (Å²) in [5, 5.41) is 44.4. The molecule has 6 rings (SSSR count). The fraction of sp³-hybridized carbons (Fsp3) is 1.00. The van der Waals surface area contributed by atoms with Crippen LogP contribution in [0.5, 0.6) is 0 Å². The summed E-state index contributed by atoms with van der Waals surface area (Å²) in [6.45, 7) is 15.0. The lowest BCUT2D eigenvalue weighted by Crippen LogP contribution is -2.59. The summed E-state index contributed by atoms with van der Waals surface area (Å²) in [5.74, 6) is 1.64. The van der Waals surface area contributed by atoms with Crippen molar-refractivity contribution in [1.82, 2.24) is 0 Å². The molecule has 6 aliphatic rings. The maximum atomic E-state index is 12.2. The first-order valence-corrected chi connectivity index (χ1v) is 14.5. The molecule has 0 aromatic rings. The van der Waals surface area contributed by atoms with Crippen molar-refractivity contribution in [3.63, 3.8) is 0 Å². The quantitative estimate of drug-likeness (QED) is 0.464. The summed E-state index contributed by atoms with van der Waals surface area (Å²) in [4.78, 5) is 0. The molecule has 2 spiro atoms. The first-order chi connectivity index (χ1) is 16.1. The number of rotatable bonds is 2. The van der Waals surface area contributed by atoms with E-state index in [-0.39, 0.29) is 34.4 Å². The molecule has 0 aromatic heterocycles. The molecule has 35 heavy (non-hydrogen) atoms. The van der Waals surface area contributed by atoms with Crippen molar-refractivity contribution < 1.29 is 25.2 Å². The summed E-state index contributed by atoms with van der Waals surface area (Å²) in [7, 11) is 0. The van der Waals surface area contributed by atoms with Gasteiger partial charge in [0.2, 0.25) is 0 Å². The molecule has 6 fully saturated rings. The van der Waals surface area contributed by atoms with Gasteiger partial charge in [0.05, 0.1) is 30.0 Å². The molecule has 5 nitrogen and oxygen atoms in total. The molecule has 8 unspecified atom stereocenters. The Kier molecular flexibility index (Phi) is 5.06. The van der Waals surface area contributed by atoms with Crippen LogP contribution >= 0.6 is 0 Å². The summed E-state index contributed by atoms with van der Waals surface area (Å²) < 4.78 is 6.59. The maximum absolute atomic E-state index is 12.2. The van der Waals surface area contributed by atoms with Crippen LogP contribution in [0.2, 0.25) is 0 Å². The Labute approximate surface area is 212 Å². The van der Waals surface area contributed by atoms with E-state index >= 15 is 0 Å². The highest BCUT2D eigenvalue weighted by molar-refractivity contribution is 5.32. The van der Waals surface area contributed by atoms with Crippen LogP contribution in [0.15, 0.2) is 0 Å². The highest BCUT2D eigenvalue weighted by Gasteiger charge is 2.84. The van der Waals surface area contributed by atoms with Crippen molar-refractivity contribution >= 4 is 0 Å². The van der Waals surface area contributed by atoms with Gasteiger partial charge in [-0.2, -0.15) is 0 Å². The smallest absolute Gasteiger partial charge is 0.108 e. The van der Waals surface area contributed by atoms with Gasteiger partial charge in [-0.05, 0) is 111 Å². The first kappa shape index (κ1) is 25.1. The molecular formula is C30H50O5. The highest BCUT2D eigenvalue weighted by Crippen LogP contribution is 2.89. The fourth-order valence-corrected chi connectivity index (χ4v) is 12.0. The van der Waals surface area contributed by atoms with E-state index in [2.05, 4.69) is 34.6 Å². The van der Waals surface area contributed by atoms with Crippen LogP contribution in [0, 0.1) is 50.7 Å². The second-order valence-electron chi connectivity index (χ2n) is 15.7. The molecule has 0 radical (unpaired) electrons. The molecule has 5 aliphatic carbocycles. The Morgan fingerprint density at radius 3 is 2.20 bits per heavy atom. The molecule has 4 N–H and O–H groups in total. The van der Waals surface area contributed by atoms with E-state index in [1.807, 2.05) is 0 Å². The number of hydrogen-bond acceptors (Lipinski definition) is 5. The van der Waals surface area contributed by atoms with Crippen molar-refractivity contribution in [2.75, 3.05) is 0 Å². The standard InChI is InChI=1S/C30H50O5/c1-16-14-17(23(32)26(4,5)34)35-22-21(16)27(6)12-13-30-15-29(30)11-10-20(31)25(2,3)18(29)8-9-19(30)28(27,7)24(22)33/h16-24,31-34H,8-15H2,1-7H3/t16-,17?,18+,19?,20?,21+,22?,23?,24+,27?,28-,29?,30?/m1/s1. The fourth-order valence-electron chi connectivity index (χ4n) is 12.0. The Bertz CT molecular complexity index is 896. The Morgan fingerprint density at radius 1 is 0.914 bits per heavy atom. The van der Waals surface area contributed by atoms with Gasteiger partial charge in [-0.15, -0.1) is 0 Å². The Hall–Kier alpha value is -0.200. The average Bonchev–Trinajstić information content (AvgIpc) is 3.40. The van der Waals surface area contributed by atoms with E-state index in [4.69, 9.17) is 4.74 Å². The van der Waals surface area contributed by atoms with Gasteiger partial charge in [-0.3, -0.25) is 0 Å². The maximum Gasteiger partial charge on any atom is 0.108 e. The minimum atomic E-state index is -1.23. The summed E-state index contributed by atoms with van der Waals surface area (Å²) >= 11 is 0. The van der Waals surface area contributed by atoms with Crippen molar-refractivity contribution in [3.8, 4) is 0 Å². The van der Waals surface area contributed by atoms with Crippen LogP contribution in [-0.2, 0) is 4.74 Å². The number of hydrogen-bond donors (Lipinski definition) is 4. The number of ether oxygens (including phenoxy) is 1. The monoisotopic (exact) mass is 490 g/mol. The second-order valence-corrected chi connectivity index (χ2v) is 15.7. The van der Waals surface area contributed by atoms with Gasteiger partial charge in [0.1, 0.15) is 6.10 Å². The molecule has 1 heterocycles. The van der Waals surface area contributed by atoms with E-state index < -0.39 is 23.9 Å². The van der Waals surface area contributed by atoms with Crippen LogP contribution < -0.4 is 0 Å². The molecule has 0 amide bonds. The molecule has 5 heteroatoms. The van der Waals surface area contributed by atoms with Crippen LogP contribution in [0.4, 0.5) is 0 Å².